The van der Waals surface area contributed by atoms with E-state index in [-0.39, 0.29) is 23.3 Å². The Kier molecular flexibility index (Phi) is 7.73. The number of hydrogen-bond acceptors (Lipinski definition) is 5. The van der Waals surface area contributed by atoms with E-state index in [2.05, 4.69) is 10.9 Å². The molecule has 0 fully saturated rings. The van der Waals surface area contributed by atoms with Crippen molar-refractivity contribution in [2.24, 2.45) is 0 Å². The molecule has 0 aromatic heterocycles. The summed E-state index contributed by atoms with van der Waals surface area (Å²) < 4.78 is 16.3. The van der Waals surface area contributed by atoms with E-state index in [1.54, 1.807) is 6.07 Å². The fraction of sp³-hybridized carbons (Fsp3) is 0.333. The van der Waals surface area contributed by atoms with Crippen molar-refractivity contribution in [1.29, 1.82) is 0 Å². The lowest BCUT2D eigenvalue weighted by Crippen LogP contribution is -2.43. The Morgan fingerprint density at radius 1 is 1.07 bits per heavy atom. The molecule has 0 aliphatic rings. The first-order valence-electron chi connectivity index (χ1n) is 9.04. The topological polar surface area (TPSA) is 85.9 Å². The largest absolute Gasteiger partial charge is 0.493 e. The van der Waals surface area contributed by atoms with E-state index >= 15 is 0 Å². The number of hydrazine groups is 1. The van der Waals surface area contributed by atoms with Gasteiger partial charge in [-0.25, -0.2) is 0 Å². The van der Waals surface area contributed by atoms with E-state index in [4.69, 9.17) is 25.8 Å². The summed E-state index contributed by atoms with van der Waals surface area (Å²) in [6, 6.07) is 8.46. The van der Waals surface area contributed by atoms with E-state index < -0.39 is 11.8 Å². The summed E-state index contributed by atoms with van der Waals surface area (Å²) in [5.74, 6) is 0.189. The summed E-state index contributed by atoms with van der Waals surface area (Å²) in [4.78, 5) is 24.3. The zero-order valence-electron chi connectivity index (χ0n) is 17.1. The molecule has 2 amide bonds. The van der Waals surface area contributed by atoms with Crippen molar-refractivity contribution in [2.75, 3.05) is 13.7 Å². The van der Waals surface area contributed by atoms with Crippen LogP contribution in [-0.2, 0) is 4.79 Å². The first-order valence-corrected chi connectivity index (χ1v) is 9.42. The van der Waals surface area contributed by atoms with Gasteiger partial charge >= 0.3 is 0 Å². The quantitative estimate of drug-likeness (QED) is 0.668. The highest BCUT2D eigenvalue weighted by Gasteiger charge is 2.17. The van der Waals surface area contributed by atoms with Gasteiger partial charge in [0.25, 0.3) is 11.8 Å². The van der Waals surface area contributed by atoms with Crippen molar-refractivity contribution in [3.63, 3.8) is 0 Å². The summed E-state index contributed by atoms with van der Waals surface area (Å²) in [5, 5.41) is 0.229. The van der Waals surface area contributed by atoms with Crippen LogP contribution in [0.25, 0.3) is 0 Å². The maximum atomic E-state index is 12.3. The Balaban J connectivity index is 1.95. The first kappa shape index (κ1) is 22.4. The van der Waals surface area contributed by atoms with E-state index in [0.717, 1.165) is 11.1 Å². The van der Waals surface area contributed by atoms with Crippen molar-refractivity contribution < 1.29 is 23.8 Å². The number of rotatable bonds is 7. The second-order valence-corrected chi connectivity index (χ2v) is 7.10. The predicted octanol–water partition coefficient (Wildman–Crippen LogP) is 3.59. The highest BCUT2D eigenvalue weighted by Crippen LogP contribution is 2.37. The molecule has 8 heteroatoms. The predicted molar refractivity (Wildman–Crippen MR) is 111 cm³/mol. The fourth-order valence-electron chi connectivity index (χ4n) is 2.39. The summed E-state index contributed by atoms with van der Waals surface area (Å²) in [6.45, 7) is 7.41. The minimum Gasteiger partial charge on any atom is -0.493 e. The molecule has 156 valence electrons. The minimum atomic E-state index is -0.555. The average Bonchev–Trinajstić information content (AvgIpc) is 2.68. The lowest BCUT2D eigenvalue weighted by Gasteiger charge is -2.16. The molecule has 2 aromatic carbocycles. The average molecular weight is 421 g/mol. The maximum absolute atomic E-state index is 12.3. The fourth-order valence-corrected chi connectivity index (χ4v) is 2.64. The van der Waals surface area contributed by atoms with Crippen LogP contribution >= 0.6 is 11.6 Å². The second kappa shape index (κ2) is 10.0. The maximum Gasteiger partial charge on any atom is 0.276 e. The van der Waals surface area contributed by atoms with Crippen molar-refractivity contribution in [3.05, 3.63) is 52.0 Å². The lowest BCUT2D eigenvalue weighted by atomic mass is 10.1. The van der Waals surface area contributed by atoms with Gasteiger partial charge in [-0.05, 0) is 63.1 Å². The lowest BCUT2D eigenvalue weighted by molar-refractivity contribution is -0.123. The minimum absolute atomic E-state index is 0.113. The third kappa shape index (κ3) is 6.29. The Morgan fingerprint density at radius 3 is 2.41 bits per heavy atom. The van der Waals surface area contributed by atoms with Crippen LogP contribution in [0.5, 0.6) is 17.2 Å². The van der Waals surface area contributed by atoms with Gasteiger partial charge in [0.1, 0.15) is 5.75 Å². The molecular weight excluding hydrogens is 396 g/mol. The molecule has 0 saturated heterocycles. The first-order chi connectivity index (χ1) is 13.7. The normalized spacial score (nSPS) is 10.4. The molecular formula is C21H25ClN2O5. The highest BCUT2D eigenvalue weighted by molar-refractivity contribution is 6.32. The number of amides is 2. The second-order valence-electron chi connectivity index (χ2n) is 6.69. The Morgan fingerprint density at radius 2 is 1.79 bits per heavy atom. The number of aryl methyl sites for hydroxylation is 2. The molecule has 0 saturated carbocycles. The van der Waals surface area contributed by atoms with Crippen LogP contribution in [0.4, 0.5) is 0 Å². The highest BCUT2D eigenvalue weighted by atomic mass is 35.5. The number of methoxy groups -OCH3 is 1. The third-order valence-electron chi connectivity index (χ3n) is 4.01. The van der Waals surface area contributed by atoms with Crippen molar-refractivity contribution in [2.45, 2.75) is 33.8 Å². The molecule has 2 rings (SSSR count). The van der Waals surface area contributed by atoms with Crippen molar-refractivity contribution in [1.82, 2.24) is 10.9 Å². The van der Waals surface area contributed by atoms with Crippen molar-refractivity contribution in [3.8, 4) is 17.2 Å². The van der Waals surface area contributed by atoms with Crippen LogP contribution < -0.4 is 25.1 Å². The van der Waals surface area contributed by atoms with Gasteiger partial charge in [0.05, 0.1) is 18.2 Å². The SMILES string of the molecule is COc1cc(C(=O)NNC(=O)COc2ccc(C)c(C)c2)cc(Cl)c1OC(C)C. The number of halogens is 1. The van der Waals surface area contributed by atoms with E-state index in [1.807, 2.05) is 39.8 Å². The van der Waals surface area contributed by atoms with Crippen LogP contribution in [0, 0.1) is 13.8 Å². The molecule has 7 nitrogen and oxygen atoms in total. The van der Waals surface area contributed by atoms with Gasteiger partial charge in [-0.15, -0.1) is 0 Å². The van der Waals surface area contributed by atoms with Gasteiger partial charge in [-0.3, -0.25) is 20.4 Å². The van der Waals surface area contributed by atoms with Crippen molar-refractivity contribution >= 4 is 23.4 Å². The molecule has 0 unspecified atom stereocenters. The Labute approximate surface area is 175 Å². The zero-order chi connectivity index (χ0) is 21.6. The molecule has 29 heavy (non-hydrogen) atoms. The summed E-state index contributed by atoms with van der Waals surface area (Å²) >= 11 is 6.21. The number of nitrogens with one attached hydrogen (secondary N) is 2. The molecule has 0 radical (unpaired) electrons. The summed E-state index contributed by atoms with van der Waals surface area (Å²) in [5.41, 5.74) is 7.02. The van der Waals surface area contributed by atoms with Crippen LogP contribution in [0.15, 0.2) is 30.3 Å². The van der Waals surface area contributed by atoms with Gasteiger partial charge in [0.15, 0.2) is 18.1 Å². The molecule has 0 aliphatic carbocycles. The summed E-state index contributed by atoms with van der Waals surface area (Å²) in [7, 11) is 1.45. The molecule has 0 bridgehead atoms. The van der Waals surface area contributed by atoms with E-state index in [1.165, 1.54) is 19.2 Å². The van der Waals surface area contributed by atoms with E-state index in [0.29, 0.717) is 17.2 Å². The number of carbonyl (C=O) groups is 2. The Hall–Kier alpha value is -2.93. The molecule has 0 aliphatic heterocycles. The Bertz CT molecular complexity index is 899. The monoisotopic (exact) mass is 420 g/mol. The number of carbonyl (C=O) groups excluding carboxylic acids is 2. The molecule has 0 heterocycles. The van der Waals surface area contributed by atoms with Gasteiger partial charge < -0.3 is 14.2 Å². The van der Waals surface area contributed by atoms with Crippen LogP contribution in [0.2, 0.25) is 5.02 Å². The molecule has 2 N–H and O–H groups in total. The van der Waals surface area contributed by atoms with Crippen LogP contribution in [0.3, 0.4) is 0 Å². The van der Waals surface area contributed by atoms with Gasteiger partial charge in [0.2, 0.25) is 0 Å². The summed E-state index contributed by atoms with van der Waals surface area (Å²) in [6.07, 6.45) is -0.113. The van der Waals surface area contributed by atoms with Crippen LogP contribution in [0.1, 0.15) is 35.3 Å². The third-order valence-corrected chi connectivity index (χ3v) is 4.29. The van der Waals surface area contributed by atoms with Crippen LogP contribution in [-0.4, -0.2) is 31.6 Å². The van der Waals surface area contributed by atoms with Gasteiger partial charge in [-0.2, -0.15) is 0 Å². The van der Waals surface area contributed by atoms with Gasteiger partial charge in [0, 0.05) is 5.56 Å². The number of ether oxygens (including phenoxy) is 3. The smallest absolute Gasteiger partial charge is 0.276 e. The standard InChI is InChI=1S/C21H25ClN2O5/c1-12(2)29-20-17(22)9-15(10-18(20)27-5)21(26)24-23-19(25)11-28-16-7-6-13(3)14(4)8-16/h6-10,12H,11H2,1-5H3,(H,23,25)(H,24,26). The van der Waals surface area contributed by atoms with Gasteiger partial charge in [-0.1, -0.05) is 17.7 Å². The number of benzene rings is 2. The zero-order valence-corrected chi connectivity index (χ0v) is 17.8. The molecule has 0 atom stereocenters. The van der Waals surface area contributed by atoms with E-state index in [9.17, 15) is 9.59 Å². The molecule has 0 spiro atoms. The number of hydrogen-bond donors (Lipinski definition) is 2. The molecule has 2 aromatic rings.